The third-order valence-corrected chi connectivity index (χ3v) is 2.00. The Balaban J connectivity index is 3.50. The van der Waals surface area contributed by atoms with Gasteiger partial charge in [0.15, 0.2) is 0 Å². The molecule has 0 aliphatic carbocycles. The minimum Gasteiger partial charge on any atom is -0.281 e. The van der Waals surface area contributed by atoms with Crippen LogP contribution in [0, 0.1) is 0 Å². The van der Waals surface area contributed by atoms with Crippen LogP contribution in [0.2, 0.25) is 0 Å². The highest BCUT2D eigenvalue weighted by atomic mass is 16.2. The zero-order chi connectivity index (χ0) is 10.9. The van der Waals surface area contributed by atoms with E-state index in [-0.39, 0.29) is 17.8 Å². The number of hydrogen-bond acceptors (Lipinski definition) is 3. The Morgan fingerprint density at radius 3 is 2.14 bits per heavy atom. The zero-order valence-electron chi connectivity index (χ0n) is 8.89. The van der Waals surface area contributed by atoms with Gasteiger partial charge in [-0.25, -0.2) is 14.2 Å². The summed E-state index contributed by atoms with van der Waals surface area (Å²) in [5, 5.41) is 0. The lowest BCUT2D eigenvalue weighted by Crippen LogP contribution is -2.42. The lowest BCUT2D eigenvalue weighted by molar-refractivity contribution is 0.454. The second-order valence-electron chi connectivity index (χ2n) is 3.77. The predicted molar refractivity (Wildman–Crippen MR) is 53.5 cm³/mol. The molecule has 0 bridgehead atoms. The monoisotopic (exact) mass is 197 g/mol. The van der Waals surface area contributed by atoms with Crippen LogP contribution >= 0.6 is 0 Å². The molecule has 5 heteroatoms. The van der Waals surface area contributed by atoms with Gasteiger partial charge in [-0.15, -0.1) is 0 Å². The number of hydrogen-bond donors (Lipinski definition) is 0. The van der Waals surface area contributed by atoms with Crippen LogP contribution in [0.4, 0.5) is 0 Å². The maximum atomic E-state index is 11.8. The first-order valence-corrected chi connectivity index (χ1v) is 4.64. The topological polar surface area (TPSA) is 56.9 Å². The Bertz CT molecular complexity index is 428. The number of rotatable bonds is 2. The van der Waals surface area contributed by atoms with Crippen LogP contribution in [0.1, 0.15) is 39.8 Å². The van der Waals surface area contributed by atoms with E-state index in [4.69, 9.17) is 0 Å². The van der Waals surface area contributed by atoms with Gasteiger partial charge < -0.3 is 0 Å². The summed E-state index contributed by atoms with van der Waals surface area (Å²) in [7, 11) is 0. The van der Waals surface area contributed by atoms with Crippen molar-refractivity contribution in [3.63, 3.8) is 0 Å². The number of aromatic nitrogens is 3. The maximum absolute atomic E-state index is 11.8. The van der Waals surface area contributed by atoms with Crippen molar-refractivity contribution in [2.45, 2.75) is 39.8 Å². The molecule has 0 radical (unpaired) electrons. The molecule has 78 valence electrons. The Hall–Kier alpha value is -1.39. The van der Waals surface area contributed by atoms with E-state index in [2.05, 4.69) is 4.98 Å². The first-order chi connectivity index (χ1) is 6.45. The van der Waals surface area contributed by atoms with E-state index in [1.807, 2.05) is 13.8 Å². The molecule has 0 aliphatic heterocycles. The van der Waals surface area contributed by atoms with Gasteiger partial charge in [-0.1, -0.05) is 0 Å². The zero-order valence-corrected chi connectivity index (χ0v) is 8.89. The van der Waals surface area contributed by atoms with E-state index in [1.165, 1.54) is 10.9 Å². The second-order valence-corrected chi connectivity index (χ2v) is 3.77. The molecular formula is C9H15N3O2. The highest BCUT2D eigenvalue weighted by molar-refractivity contribution is 4.77. The quantitative estimate of drug-likeness (QED) is 0.696. The molecule has 0 atom stereocenters. The number of nitrogens with zero attached hydrogens (tertiary/aromatic N) is 3. The van der Waals surface area contributed by atoms with E-state index in [0.29, 0.717) is 0 Å². The van der Waals surface area contributed by atoms with Crippen LogP contribution in [0.5, 0.6) is 0 Å². The second kappa shape index (κ2) is 3.77. The summed E-state index contributed by atoms with van der Waals surface area (Å²) in [6.45, 7) is 7.32. The third kappa shape index (κ3) is 1.76. The fourth-order valence-corrected chi connectivity index (χ4v) is 1.23. The van der Waals surface area contributed by atoms with Gasteiger partial charge in [-0.2, -0.15) is 4.98 Å². The fourth-order valence-electron chi connectivity index (χ4n) is 1.23. The molecular weight excluding hydrogens is 182 g/mol. The molecule has 1 aromatic rings. The normalized spacial score (nSPS) is 11.3. The summed E-state index contributed by atoms with van der Waals surface area (Å²) >= 11 is 0. The van der Waals surface area contributed by atoms with Gasteiger partial charge in [0.05, 0.1) is 0 Å². The highest BCUT2D eigenvalue weighted by Gasteiger charge is 2.10. The van der Waals surface area contributed by atoms with Gasteiger partial charge in [0, 0.05) is 12.1 Å². The Labute approximate surface area is 82.0 Å². The Kier molecular flexibility index (Phi) is 2.88. The van der Waals surface area contributed by atoms with Crippen molar-refractivity contribution in [1.29, 1.82) is 0 Å². The molecule has 0 N–H and O–H groups in total. The summed E-state index contributed by atoms with van der Waals surface area (Å²) in [4.78, 5) is 26.7. The predicted octanol–water partition coefficient (Wildman–Crippen LogP) is 0.567. The van der Waals surface area contributed by atoms with Crippen molar-refractivity contribution < 1.29 is 0 Å². The molecule has 1 heterocycles. The first kappa shape index (κ1) is 10.7. The maximum Gasteiger partial charge on any atom is 0.353 e. The smallest absolute Gasteiger partial charge is 0.281 e. The SMILES string of the molecule is CC(C)n1cnc(=O)n(C(C)C)c1=O. The highest BCUT2D eigenvalue weighted by Crippen LogP contribution is 1.98. The van der Waals surface area contributed by atoms with Crippen LogP contribution in [0.15, 0.2) is 15.9 Å². The molecule has 1 rings (SSSR count). The van der Waals surface area contributed by atoms with Crippen molar-refractivity contribution in [2.75, 3.05) is 0 Å². The average Bonchev–Trinajstić information content (AvgIpc) is 2.02. The summed E-state index contributed by atoms with van der Waals surface area (Å²) in [5.41, 5.74) is -0.781. The molecule has 0 spiro atoms. The van der Waals surface area contributed by atoms with Crippen molar-refractivity contribution in [2.24, 2.45) is 0 Å². The largest absolute Gasteiger partial charge is 0.353 e. The Morgan fingerprint density at radius 1 is 1.14 bits per heavy atom. The van der Waals surface area contributed by atoms with Crippen LogP contribution in [0.3, 0.4) is 0 Å². The fraction of sp³-hybridized carbons (Fsp3) is 0.667. The van der Waals surface area contributed by atoms with Crippen LogP contribution in [-0.4, -0.2) is 14.1 Å². The van der Waals surface area contributed by atoms with Crippen LogP contribution in [0.25, 0.3) is 0 Å². The van der Waals surface area contributed by atoms with E-state index in [0.717, 1.165) is 4.57 Å². The minimum atomic E-state index is -0.484. The van der Waals surface area contributed by atoms with E-state index in [9.17, 15) is 9.59 Å². The van der Waals surface area contributed by atoms with E-state index < -0.39 is 5.69 Å². The molecule has 0 saturated heterocycles. The van der Waals surface area contributed by atoms with Gasteiger partial charge >= 0.3 is 11.4 Å². The van der Waals surface area contributed by atoms with Crippen molar-refractivity contribution in [1.82, 2.24) is 14.1 Å². The molecule has 0 aliphatic rings. The average molecular weight is 197 g/mol. The summed E-state index contributed by atoms with van der Waals surface area (Å²) in [6.07, 6.45) is 1.30. The van der Waals surface area contributed by atoms with Crippen molar-refractivity contribution in [3.8, 4) is 0 Å². The van der Waals surface area contributed by atoms with Crippen LogP contribution < -0.4 is 11.4 Å². The molecule has 1 aromatic heterocycles. The van der Waals surface area contributed by atoms with E-state index in [1.54, 1.807) is 13.8 Å². The third-order valence-electron chi connectivity index (χ3n) is 2.00. The molecule has 0 aromatic carbocycles. The summed E-state index contributed by atoms with van der Waals surface area (Å²) in [5.74, 6) is 0. The molecule has 14 heavy (non-hydrogen) atoms. The van der Waals surface area contributed by atoms with Gasteiger partial charge in [-0.05, 0) is 27.7 Å². The first-order valence-electron chi connectivity index (χ1n) is 4.64. The van der Waals surface area contributed by atoms with Crippen molar-refractivity contribution in [3.05, 3.63) is 27.3 Å². The van der Waals surface area contributed by atoms with Gasteiger partial charge in [0.25, 0.3) is 0 Å². The molecule has 0 amide bonds. The van der Waals surface area contributed by atoms with E-state index >= 15 is 0 Å². The van der Waals surface area contributed by atoms with Crippen molar-refractivity contribution >= 4 is 0 Å². The van der Waals surface area contributed by atoms with Gasteiger partial charge in [0.2, 0.25) is 0 Å². The Morgan fingerprint density at radius 2 is 1.71 bits per heavy atom. The van der Waals surface area contributed by atoms with Gasteiger partial charge in [-0.3, -0.25) is 4.57 Å². The summed E-state index contributed by atoms with van der Waals surface area (Å²) < 4.78 is 2.60. The molecule has 0 saturated carbocycles. The van der Waals surface area contributed by atoms with Gasteiger partial charge in [0.1, 0.15) is 6.33 Å². The molecule has 0 fully saturated rings. The lowest BCUT2D eigenvalue weighted by atomic mass is 10.4. The standard InChI is InChI=1S/C9H15N3O2/c1-6(2)11-5-10-8(13)12(7(3)4)9(11)14/h5-7H,1-4H3. The lowest BCUT2D eigenvalue weighted by Gasteiger charge is -2.13. The molecule has 5 nitrogen and oxygen atoms in total. The molecule has 0 unspecified atom stereocenters. The minimum absolute atomic E-state index is 0.0144. The summed E-state index contributed by atoms with van der Waals surface area (Å²) in [6, 6.07) is -0.144. The van der Waals surface area contributed by atoms with Crippen LogP contribution in [-0.2, 0) is 0 Å².